The fourth-order valence-electron chi connectivity index (χ4n) is 1.86. The van der Waals surface area contributed by atoms with Crippen LogP contribution >= 0.6 is 0 Å². The number of hydrogen-bond acceptors (Lipinski definition) is 5. The molecule has 0 aliphatic carbocycles. The normalized spacial score (nSPS) is 21.5. The molecule has 0 bridgehead atoms. The number of halogens is 3. The van der Waals surface area contributed by atoms with Gasteiger partial charge in [-0.05, 0) is 12.1 Å². The molecular formula is C13H11F3N2O4. The molecule has 1 aromatic rings. The average Bonchev–Trinajstić information content (AvgIpc) is 2.74. The number of hydroxylamine groups is 2. The number of benzene rings is 1. The van der Waals surface area contributed by atoms with Gasteiger partial charge in [-0.3, -0.25) is 4.79 Å². The highest BCUT2D eigenvalue weighted by Crippen LogP contribution is 2.24. The van der Waals surface area contributed by atoms with Crippen molar-refractivity contribution in [2.24, 2.45) is 5.92 Å². The van der Waals surface area contributed by atoms with Crippen LogP contribution in [0.25, 0.3) is 0 Å². The number of amides is 1. The van der Waals surface area contributed by atoms with Crippen molar-refractivity contribution >= 4 is 17.6 Å². The summed E-state index contributed by atoms with van der Waals surface area (Å²) in [6.45, 7) is 3.35. The Hall–Kier alpha value is -2.39. The molecule has 2 unspecified atom stereocenters. The summed E-state index contributed by atoms with van der Waals surface area (Å²) in [5, 5.41) is 12.5. The maximum Gasteiger partial charge on any atom is 0.341 e. The fraction of sp³-hybridized carbons (Fsp3) is 0.231. The van der Waals surface area contributed by atoms with Crippen LogP contribution in [0.3, 0.4) is 0 Å². The van der Waals surface area contributed by atoms with E-state index in [1.165, 1.54) is 6.08 Å². The number of rotatable bonds is 4. The molecule has 1 heterocycles. The topological polar surface area (TPSA) is 78.9 Å². The predicted octanol–water partition coefficient (Wildman–Crippen LogP) is 0.937. The largest absolute Gasteiger partial charge is 0.374 e. The second-order valence-corrected chi connectivity index (χ2v) is 4.40. The van der Waals surface area contributed by atoms with Gasteiger partial charge in [0.15, 0.2) is 29.6 Å². The van der Waals surface area contributed by atoms with Crippen LogP contribution in [0.1, 0.15) is 0 Å². The lowest BCUT2D eigenvalue weighted by Crippen LogP contribution is -2.38. The van der Waals surface area contributed by atoms with Gasteiger partial charge < -0.3 is 15.3 Å². The van der Waals surface area contributed by atoms with Crippen LogP contribution in [-0.4, -0.2) is 34.8 Å². The molecule has 0 radical (unpaired) electrons. The molecule has 6 nitrogen and oxygen atoms in total. The molecule has 22 heavy (non-hydrogen) atoms. The molecule has 1 amide bonds. The maximum absolute atomic E-state index is 13.5. The van der Waals surface area contributed by atoms with E-state index in [-0.39, 0.29) is 6.54 Å². The highest BCUT2D eigenvalue weighted by molar-refractivity contribution is 6.05. The maximum atomic E-state index is 13.5. The van der Waals surface area contributed by atoms with E-state index in [1.54, 1.807) is 0 Å². The molecule has 0 aromatic heterocycles. The minimum Gasteiger partial charge on any atom is -0.374 e. The molecular weight excluding hydrogens is 305 g/mol. The molecule has 1 saturated heterocycles. The Morgan fingerprint density at radius 1 is 1.41 bits per heavy atom. The van der Waals surface area contributed by atoms with E-state index < -0.39 is 47.2 Å². The monoisotopic (exact) mass is 316 g/mol. The molecule has 1 fully saturated rings. The van der Waals surface area contributed by atoms with Gasteiger partial charge in [0.25, 0.3) is 0 Å². The summed E-state index contributed by atoms with van der Waals surface area (Å²) in [4.78, 5) is 28.1. The van der Waals surface area contributed by atoms with Crippen molar-refractivity contribution < 1.29 is 32.7 Å². The number of aliphatic hydroxyl groups excluding tert-OH is 1. The first-order chi connectivity index (χ1) is 10.4. The number of anilines is 1. The van der Waals surface area contributed by atoms with Crippen LogP contribution in [0.5, 0.6) is 0 Å². The quantitative estimate of drug-likeness (QED) is 0.491. The number of hydrogen-bond donors (Lipinski definition) is 2. The Labute approximate surface area is 122 Å². The Morgan fingerprint density at radius 3 is 2.73 bits per heavy atom. The van der Waals surface area contributed by atoms with Gasteiger partial charge in [-0.2, -0.15) is 0 Å². The van der Waals surface area contributed by atoms with Crippen LogP contribution in [0.4, 0.5) is 18.9 Å². The van der Waals surface area contributed by atoms with E-state index in [1.807, 2.05) is 5.32 Å². The van der Waals surface area contributed by atoms with Crippen molar-refractivity contribution in [2.45, 2.75) is 6.23 Å². The summed E-state index contributed by atoms with van der Waals surface area (Å²) in [6, 6.07) is 1.40. The first-order valence-electron chi connectivity index (χ1n) is 6.08. The van der Waals surface area contributed by atoms with Gasteiger partial charge in [0.1, 0.15) is 0 Å². The van der Waals surface area contributed by atoms with Gasteiger partial charge in [-0.1, -0.05) is 6.08 Å². The third-order valence-corrected chi connectivity index (χ3v) is 2.94. The Balaban J connectivity index is 2.17. The van der Waals surface area contributed by atoms with Crippen molar-refractivity contribution in [3.8, 4) is 0 Å². The molecule has 1 aliphatic heterocycles. The summed E-state index contributed by atoms with van der Waals surface area (Å²) >= 11 is 0. The van der Waals surface area contributed by atoms with Gasteiger partial charge in [-0.25, -0.2) is 18.0 Å². The average molecular weight is 316 g/mol. The summed E-state index contributed by atoms with van der Waals surface area (Å²) in [5.41, 5.74) is -0.661. The smallest absolute Gasteiger partial charge is 0.341 e. The molecule has 2 N–H and O–H groups in total. The van der Waals surface area contributed by atoms with Gasteiger partial charge in [-0.15, -0.1) is 11.6 Å². The highest BCUT2D eigenvalue weighted by Gasteiger charge is 2.47. The predicted molar refractivity (Wildman–Crippen MR) is 67.4 cm³/mol. The minimum atomic E-state index is -1.76. The van der Waals surface area contributed by atoms with Crippen LogP contribution < -0.4 is 5.32 Å². The van der Waals surface area contributed by atoms with E-state index in [2.05, 4.69) is 11.4 Å². The van der Waals surface area contributed by atoms with Gasteiger partial charge in [0.05, 0.1) is 12.2 Å². The zero-order valence-corrected chi connectivity index (χ0v) is 11.1. The minimum absolute atomic E-state index is 0.0315. The summed E-state index contributed by atoms with van der Waals surface area (Å²) < 4.78 is 39.3. The second kappa shape index (κ2) is 6.16. The molecule has 0 spiro atoms. The van der Waals surface area contributed by atoms with Crippen LogP contribution in [-0.2, 0) is 14.4 Å². The lowest BCUT2D eigenvalue weighted by atomic mass is 10.1. The molecule has 9 heteroatoms. The number of carbonyl (C=O) groups is 2. The summed E-state index contributed by atoms with van der Waals surface area (Å²) in [5.74, 6) is -8.64. The molecule has 1 aliphatic rings. The van der Waals surface area contributed by atoms with Crippen molar-refractivity contribution in [1.82, 2.24) is 5.06 Å². The van der Waals surface area contributed by atoms with Crippen molar-refractivity contribution in [3.63, 3.8) is 0 Å². The van der Waals surface area contributed by atoms with E-state index in [0.717, 1.165) is 11.1 Å². The molecule has 1 aromatic carbocycles. The zero-order chi connectivity index (χ0) is 16.4. The third kappa shape index (κ3) is 2.81. The van der Waals surface area contributed by atoms with Gasteiger partial charge >= 0.3 is 5.97 Å². The lowest BCUT2D eigenvalue weighted by molar-refractivity contribution is -0.189. The summed E-state index contributed by atoms with van der Waals surface area (Å²) in [7, 11) is 0. The molecule has 118 valence electrons. The second-order valence-electron chi connectivity index (χ2n) is 4.40. The Bertz CT molecular complexity index is 638. The number of carbonyl (C=O) groups excluding carboxylic acids is 2. The van der Waals surface area contributed by atoms with Crippen molar-refractivity contribution in [1.29, 1.82) is 0 Å². The number of aliphatic hydroxyl groups is 1. The fourth-order valence-corrected chi connectivity index (χ4v) is 1.86. The molecule has 0 saturated carbocycles. The van der Waals surface area contributed by atoms with Crippen LogP contribution in [0.2, 0.25) is 0 Å². The Morgan fingerprint density at radius 2 is 2.09 bits per heavy atom. The van der Waals surface area contributed by atoms with E-state index >= 15 is 0 Å². The lowest BCUT2D eigenvalue weighted by Gasteiger charge is -2.16. The van der Waals surface area contributed by atoms with Crippen LogP contribution in [0, 0.1) is 23.4 Å². The highest BCUT2D eigenvalue weighted by atomic mass is 19.2. The molecule has 2 rings (SSSR count). The van der Waals surface area contributed by atoms with Gasteiger partial charge in [0, 0.05) is 0 Å². The Kier molecular flexibility index (Phi) is 4.48. The first-order valence-corrected chi connectivity index (χ1v) is 6.08. The zero-order valence-electron chi connectivity index (χ0n) is 11.1. The number of nitrogens with zero attached hydrogens (tertiary/aromatic N) is 1. The SMILES string of the molecule is C=CCN1OC(=O)C(C(=O)Nc2ccc(F)c(F)c2F)C1O. The van der Waals surface area contributed by atoms with Gasteiger partial charge in [0.2, 0.25) is 5.91 Å². The molecule has 2 atom stereocenters. The standard InChI is InChI=1S/C13H11F3N2O4/c1-2-5-18-12(20)8(13(21)22-18)11(19)17-7-4-3-6(14)9(15)10(7)16/h2-4,8,12,20H,1,5H2,(H,17,19). The van der Waals surface area contributed by atoms with Crippen LogP contribution in [0.15, 0.2) is 24.8 Å². The first kappa shape index (κ1) is 16.0. The number of nitrogens with one attached hydrogen (secondary N) is 1. The van der Waals surface area contributed by atoms with Crippen molar-refractivity contribution in [2.75, 3.05) is 11.9 Å². The summed E-state index contributed by atoms with van der Waals surface area (Å²) in [6.07, 6.45) is -0.287. The van der Waals surface area contributed by atoms with E-state index in [9.17, 15) is 27.9 Å². The van der Waals surface area contributed by atoms with E-state index in [0.29, 0.717) is 6.07 Å². The van der Waals surface area contributed by atoms with Crippen molar-refractivity contribution in [3.05, 3.63) is 42.2 Å². The third-order valence-electron chi connectivity index (χ3n) is 2.94. The van der Waals surface area contributed by atoms with E-state index in [4.69, 9.17) is 0 Å².